The standard InChI is InChI=1S/C23H18NS.2C19H16NS.C18H15N2S.C15H14NS.C14H13N2S.12C2H6/c1-15-17-8-4-3-7-16(17)11-12-18(15)22-23-20(13-14-24(22)2)19-9-5-6-10-21(19)25-23;1-13-7-3-4-8-14(13)18-19-16(11-12-20(18)2)15-9-5-6-10-17(15)21-19;1-13-16-6-4-3-5-14(16)7-8-17(13)18-19-15(10-12-21-19)9-11-20(18)2;1-12-14-6-4-3-5-13(14)7-8-15(12)17-18-16(9-10-21-18)19-11-20(17)2;1-11-5-3-4-6-13(11)14-15-12(8-10-17-15)7-9-16(14)2;1-10-5-3-4-6-11(10)13-14-12(7-8-17-14)15-9-16(13)2;12*1-2/h3-14H,1-2H3;2*3-12H,1-2H3;3-11H,1-2H3;3-10H,1-2H3;3-9H,1-2H3;12*1-2H3/q6*+1;;;;;;;;;;;;. The first-order valence-corrected chi connectivity index (χ1v) is 58.1. The second-order valence-electron chi connectivity index (χ2n) is 31.2. The van der Waals surface area contributed by atoms with Crippen molar-refractivity contribution in [2.24, 2.45) is 42.3 Å². The summed E-state index contributed by atoms with van der Waals surface area (Å²) >= 11 is 10.9. The monoisotopic (exact) mass is 2050 g/mol. The number of thiophene rings is 6. The van der Waals surface area contributed by atoms with Crippen LogP contribution < -0.4 is 27.4 Å². The van der Waals surface area contributed by atoms with E-state index < -0.39 is 0 Å². The Balaban J connectivity index is 0.000000257. The second-order valence-corrected chi connectivity index (χ2v) is 37.0. The number of aromatic nitrogens is 8. The van der Waals surface area contributed by atoms with Gasteiger partial charge in [-0.1, -0.05) is 354 Å². The maximum Gasteiger partial charge on any atom is 0.287 e. The van der Waals surface area contributed by atoms with Gasteiger partial charge in [-0.25, -0.2) is 9.13 Å². The van der Waals surface area contributed by atoms with Gasteiger partial charge in [-0.15, -0.1) is 68.0 Å². The molecule has 0 unspecified atom stereocenters. The molecular formula is C132H164N8S6+6. The Morgan fingerprint density at radius 3 is 0.747 bits per heavy atom. The third-order valence-electron chi connectivity index (χ3n) is 23.5. The highest BCUT2D eigenvalue weighted by Crippen LogP contribution is 2.44. The first-order chi connectivity index (χ1) is 71.5. The van der Waals surface area contributed by atoms with E-state index in [2.05, 4.69) is 440 Å². The average molecular weight is 2060 g/mol. The van der Waals surface area contributed by atoms with Crippen molar-refractivity contribution in [3.8, 4) is 67.5 Å². The number of hydrogen-bond donors (Lipinski definition) is 0. The van der Waals surface area contributed by atoms with Crippen LogP contribution in [0.4, 0.5) is 0 Å². The van der Waals surface area contributed by atoms with Crippen molar-refractivity contribution in [3.63, 3.8) is 0 Å². The minimum atomic E-state index is 1.07. The summed E-state index contributed by atoms with van der Waals surface area (Å²) in [7, 11) is 12.6. The first kappa shape index (κ1) is 122. The van der Waals surface area contributed by atoms with E-state index >= 15 is 0 Å². The number of benzene rings is 11. The lowest BCUT2D eigenvalue weighted by molar-refractivity contribution is -0.662. The van der Waals surface area contributed by atoms with Gasteiger partial charge in [0.05, 0.1) is 36.3 Å². The molecule has 12 aromatic heterocycles. The summed E-state index contributed by atoms with van der Waals surface area (Å²) in [5, 5.41) is 24.5. The quantitative estimate of drug-likeness (QED) is 0.156. The average Bonchev–Trinajstić information content (AvgIpc) is 1.42. The molecule has 0 aliphatic heterocycles. The van der Waals surface area contributed by atoms with E-state index in [4.69, 9.17) is 0 Å². The molecule has 0 radical (unpaired) electrons. The number of pyridine rings is 4. The summed E-state index contributed by atoms with van der Waals surface area (Å²) in [5.41, 5.74) is 25.7. The van der Waals surface area contributed by atoms with Crippen LogP contribution in [0.15, 0.2) is 338 Å². The Bertz CT molecular complexity index is 7630. The van der Waals surface area contributed by atoms with E-state index in [1.54, 1.807) is 22.7 Å². The van der Waals surface area contributed by atoms with Crippen LogP contribution in [0.5, 0.6) is 0 Å². The molecule has 0 atom stereocenters. The van der Waals surface area contributed by atoms with Gasteiger partial charge in [-0.2, -0.15) is 18.3 Å². The van der Waals surface area contributed by atoms with E-state index in [1.165, 1.54) is 203 Å². The van der Waals surface area contributed by atoms with Crippen LogP contribution in [0.1, 0.15) is 200 Å². The zero-order chi connectivity index (χ0) is 108. The van der Waals surface area contributed by atoms with Gasteiger partial charge in [0, 0.05) is 89.2 Å². The molecule has 23 rings (SSSR count). The summed E-state index contributed by atoms with van der Waals surface area (Å²) in [5.74, 6) is 0. The van der Waals surface area contributed by atoms with Crippen molar-refractivity contribution in [3.05, 3.63) is 371 Å². The minimum Gasteiger partial charge on any atom is -0.231 e. The molecule has 12 heterocycles. The van der Waals surface area contributed by atoms with Gasteiger partial charge in [0.1, 0.15) is 56.4 Å². The fraction of sp³-hybridized carbons (Fsp3) is 0.273. The lowest BCUT2D eigenvalue weighted by Crippen LogP contribution is -2.31. The predicted molar refractivity (Wildman–Crippen MR) is 658 cm³/mol. The minimum absolute atomic E-state index is 1.07. The maximum atomic E-state index is 4.49. The van der Waals surface area contributed by atoms with Gasteiger partial charge in [0.2, 0.25) is 22.8 Å². The Kier molecular flexibility index (Phi) is 53.1. The van der Waals surface area contributed by atoms with Crippen LogP contribution in [0.2, 0.25) is 0 Å². The number of aryl methyl sites for hydroxylation is 12. The largest absolute Gasteiger partial charge is 0.287 e. The molecule has 8 nitrogen and oxygen atoms in total. The van der Waals surface area contributed by atoms with Crippen LogP contribution in [0, 0.1) is 41.5 Å². The summed E-state index contributed by atoms with van der Waals surface area (Å²) in [4.78, 5) is 8.92. The fourth-order valence-electron chi connectivity index (χ4n) is 17.1. The SMILES string of the molecule is CC.CC.CC.CC.CC.CC.CC.CC.CC.CC.CC.CC.Cc1c(-c2c3sc4ccccc4c3cc[n+]2C)ccc2ccccc12.Cc1c(-c2c3sccc3cc[n+]2C)ccc2ccccc12.Cc1c(-c2c3sccc3nc[n+]2C)ccc2ccccc12.Cc1ccccc1-c1c2sc3ccccc3c2cc[n+]1C.Cc1ccccc1-c1c2sccc2cc[n+]1C.Cc1ccccc1-c1c2sccc2nc[n+]1C. The molecule has 0 saturated heterocycles. The smallest absolute Gasteiger partial charge is 0.231 e. The van der Waals surface area contributed by atoms with Crippen molar-refractivity contribution < 1.29 is 27.4 Å². The highest BCUT2D eigenvalue weighted by atomic mass is 32.1. The molecule has 23 aromatic rings. The fourth-order valence-corrected chi connectivity index (χ4v) is 23.6. The molecule has 11 aromatic carbocycles. The topological polar surface area (TPSA) is 49.1 Å². The molecule has 0 N–H and O–H groups in total. The highest BCUT2D eigenvalue weighted by molar-refractivity contribution is 7.26. The number of fused-ring (bicyclic) bond motifs is 13. The summed E-state index contributed by atoms with van der Waals surface area (Å²) in [6.45, 7) is 61.2. The predicted octanol–water partition coefficient (Wildman–Crippen LogP) is 39.1. The zero-order valence-corrected chi connectivity index (χ0v) is 99.3. The molecule has 762 valence electrons. The van der Waals surface area contributed by atoms with Gasteiger partial charge in [-0.05, 0) is 193 Å². The van der Waals surface area contributed by atoms with Crippen LogP contribution in [0.3, 0.4) is 0 Å². The van der Waals surface area contributed by atoms with Gasteiger partial charge in [0.15, 0.2) is 47.2 Å². The Morgan fingerprint density at radius 1 is 0.185 bits per heavy atom. The van der Waals surface area contributed by atoms with Crippen LogP contribution in [-0.2, 0) is 42.3 Å². The molecule has 0 bridgehead atoms. The third kappa shape index (κ3) is 28.3. The van der Waals surface area contributed by atoms with Crippen molar-refractivity contribution in [2.45, 2.75) is 208 Å². The number of hydrogen-bond acceptors (Lipinski definition) is 8. The maximum absolute atomic E-state index is 4.49. The van der Waals surface area contributed by atoms with Gasteiger partial charge >= 0.3 is 0 Å². The van der Waals surface area contributed by atoms with Crippen molar-refractivity contribution in [1.82, 2.24) is 9.97 Å². The molecule has 14 heteroatoms. The summed E-state index contributed by atoms with van der Waals surface area (Å²) in [6.07, 6.45) is 12.4. The van der Waals surface area contributed by atoms with Crippen LogP contribution >= 0.6 is 68.0 Å². The summed E-state index contributed by atoms with van der Waals surface area (Å²) < 4.78 is 23.8. The molecule has 146 heavy (non-hydrogen) atoms. The first-order valence-electron chi connectivity index (χ1n) is 52.9. The Labute approximate surface area is 900 Å². The summed E-state index contributed by atoms with van der Waals surface area (Å²) in [6, 6.07) is 99.6. The van der Waals surface area contributed by atoms with Gasteiger partial charge in [0.25, 0.3) is 12.7 Å². The molecule has 0 amide bonds. The van der Waals surface area contributed by atoms with E-state index in [0.717, 1.165) is 11.0 Å². The van der Waals surface area contributed by atoms with E-state index in [0.29, 0.717) is 0 Å². The lowest BCUT2D eigenvalue weighted by Gasteiger charge is -2.10. The van der Waals surface area contributed by atoms with Gasteiger partial charge < -0.3 is 0 Å². The highest BCUT2D eigenvalue weighted by Gasteiger charge is 2.27. The Hall–Kier alpha value is -12.8. The normalized spacial score (nSPS) is 9.92. The van der Waals surface area contributed by atoms with E-state index in [9.17, 15) is 0 Å². The Morgan fingerprint density at radius 2 is 0.425 bits per heavy atom. The second kappa shape index (κ2) is 63.6. The molecule has 0 aliphatic carbocycles. The van der Waals surface area contributed by atoms with Crippen molar-refractivity contribution >= 4 is 181 Å². The van der Waals surface area contributed by atoms with E-state index in [-0.39, 0.29) is 0 Å². The molecule has 0 fully saturated rings. The molecule has 0 saturated carbocycles. The lowest BCUT2D eigenvalue weighted by atomic mass is 9.97. The van der Waals surface area contributed by atoms with E-state index in [1.807, 2.05) is 231 Å². The molecule has 0 aliphatic rings. The van der Waals surface area contributed by atoms with Gasteiger partial charge in [-0.3, -0.25) is 0 Å². The van der Waals surface area contributed by atoms with Crippen LogP contribution in [0.25, 0.3) is 181 Å². The molecular weight excluding hydrogens is 1890 g/mol. The number of rotatable bonds is 6. The zero-order valence-electron chi connectivity index (χ0n) is 94.4. The van der Waals surface area contributed by atoms with Crippen molar-refractivity contribution in [2.75, 3.05) is 0 Å². The molecule has 0 spiro atoms. The van der Waals surface area contributed by atoms with Crippen molar-refractivity contribution in [1.29, 1.82) is 0 Å². The third-order valence-corrected chi connectivity index (χ3v) is 29.6. The number of nitrogens with zero attached hydrogens (tertiary/aromatic N) is 8. The van der Waals surface area contributed by atoms with Crippen LogP contribution in [-0.4, -0.2) is 9.97 Å².